The zero-order chi connectivity index (χ0) is 15.8. The Hall–Kier alpha value is -0.923. The van der Waals surface area contributed by atoms with Crippen LogP contribution in [0.1, 0.15) is 34.2 Å². The predicted octanol–water partition coefficient (Wildman–Crippen LogP) is 2.81. The largest absolute Gasteiger partial charge is 0.361 e. The lowest BCUT2D eigenvalue weighted by molar-refractivity contribution is 0.0538. The number of rotatable bonds is 4. The summed E-state index contributed by atoms with van der Waals surface area (Å²) in [7, 11) is -1.40. The smallest absolute Gasteiger partial charge is 0.268 e. The van der Waals surface area contributed by atoms with E-state index in [1.807, 2.05) is 0 Å². The van der Waals surface area contributed by atoms with E-state index < -0.39 is 8.07 Å². The first kappa shape index (κ1) is 16.4. The number of fused-ring (bicyclic) bond motifs is 1. The maximum Gasteiger partial charge on any atom is 0.268 e. The van der Waals surface area contributed by atoms with Crippen LogP contribution in [0.25, 0.3) is 0 Å². The Balaban J connectivity index is 2.28. The molecule has 0 saturated carbocycles. The van der Waals surface area contributed by atoms with Crippen molar-refractivity contribution in [3.05, 3.63) is 21.9 Å². The Labute approximate surface area is 134 Å². The average molecular weight is 373 g/mol. The summed E-state index contributed by atoms with van der Waals surface area (Å²) >= 11 is 3.38. The van der Waals surface area contributed by atoms with Crippen molar-refractivity contribution in [2.45, 2.75) is 45.4 Å². The summed E-state index contributed by atoms with van der Waals surface area (Å²) in [6, 6.07) is 0. The third-order valence-electron chi connectivity index (χ3n) is 3.85. The summed E-state index contributed by atoms with van der Waals surface area (Å²) in [6.45, 7) is 9.43. The highest BCUT2D eigenvalue weighted by molar-refractivity contribution is 9.10. The van der Waals surface area contributed by atoms with Crippen LogP contribution in [0.5, 0.6) is 0 Å². The van der Waals surface area contributed by atoms with Crippen molar-refractivity contribution in [3.8, 4) is 0 Å². The Morgan fingerprint density at radius 2 is 2.10 bits per heavy atom. The molecule has 0 aliphatic carbocycles. The fourth-order valence-electron chi connectivity index (χ4n) is 2.07. The van der Waals surface area contributed by atoms with Gasteiger partial charge in [0.05, 0.1) is 13.6 Å². The summed E-state index contributed by atoms with van der Waals surface area (Å²) < 4.78 is 8.28. The van der Waals surface area contributed by atoms with Gasteiger partial charge in [-0.25, -0.2) is 0 Å². The molecule has 1 unspecified atom stereocenters. The summed E-state index contributed by atoms with van der Waals surface area (Å²) in [4.78, 5) is 24.3. The third-order valence-corrected chi connectivity index (χ3v) is 7.05. The fraction of sp³-hybridized carbons (Fsp3) is 0.571. The Bertz CT molecular complexity index is 578. The van der Waals surface area contributed by atoms with Gasteiger partial charge in [-0.05, 0) is 22.9 Å². The minimum absolute atomic E-state index is 0.0211. The zero-order valence-electron chi connectivity index (χ0n) is 12.8. The first-order chi connectivity index (χ1) is 9.71. The number of aromatic nitrogens is 1. The molecule has 2 heterocycles. The molecule has 21 heavy (non-hydrogen) atoms. The molecule has 5 nitrogen and oxygen atoms in total. The number of nitrogens with zero attached hydrogens (tertiary/aromatic N) is 1. The highest BCUT2D eigenvalue weighted by atomic mass is 79.9. The molecular formula is C14H21BrN2O3Si. The molecular weight excluding hydrogens is 352 g/mol. The lowest BCUT2D eigenvalue weighted by Crippen LogP contribution is -2.38. The molecule has 0 fully saturated rings. The number of amides is 1. The zero-order valence-corrected chi connectivity index (χ0v) is 15.4. The van der Waals surface area contributed by atoms with Crippen LogP contribution in [-0.4, -0.2) is 36.6 Å². The van der Waals surface area contributed by atoms with E-state index in [0.29, 0.717) is 28.7 Å². The van der Waals surface area contributed by atoms with Gasteiger partial charge in [0.1, 0.15) is 12.4 Å². The molecule has 0 spiro atoms. The van der Waals surface area contributed by atoms with Gasteiger partial charge in [0.25, 0.3) is 5.91 Å². The van der Waals surface area contributed by atoms with Crippen LogP contribution in [0.3, 0.4) is 0 Å². The van der Waals surface area contributed by atoms with Gasteiger partial charge in [-0.3, -0.25) is 9.59 Å². The van der Waals surface area contributed by atoms with Crippen LogP contribution >= 0.6 is 15.9 Å². The number of carbonyl (C=O) groups excluding carboxylic acids is 2. The van der Waals surface area contributed by atoms with Crippen molar-refractivity contribution in [2.75, 3.05) is 6.54 Å². The normalized spacial score (nSPS) is 17.2. The van der Waals surface area contributed by atoms with E-state index in [0.717, 1.165) is 0 Å². The first-order valence-electron chi connectivity index (χ1n) is 7.03. The van der Waals surface area contributed by atoms with Crippen molar-refractivity contribution in [2.24, 2.45) is 0 Å². The predicted molar refractivity (Wildman–Crippen MR) is 87.3 cm³/mol. The number of Topliss-reactive ketones (excluding diaryl/α,β-unsaturated/α-hetero) is 1. The van der Waals surface area contributed by atoms with Gasteiger partial charge >= 0.3 is 0 Å². The van der Waals surface area contributed by atoms with E-state index in [-0.39, 0.29) is 24.1 Å². The Kier molecular flexibility index (Phi) is 4.75. The molecule has 0 saturated heterocycles. The van der Waals surface area contributed by atoms with E-state index in [1.54, 1.807) is 10.8 Å². The minimum Gasteiger partial charge on any atom is -0.361 e. The highest BCUT2D eigenvalue weighted by Gasteiger charge is 2.29. The van der Waals surface area contributed by atoms with Crippen LogP contribution in [0.2, 0.25) is 19.6 Å². The van der Waals surface area contributed by atoms with Gasteiger partial charge in [-0.15, -0.1) is 0 Å². The van der Waals surface area contributed by atoms with Crippen molar-refractivity contribution in [3.63, 3.8) is 0 Å². The highest BCUT2D eigenvalue weighted by Crippen LogP contribution is 2.27. The Morgan fingerprint density at radius 3 is 2.71 bits per heavy atom. The van der Waals surface area contributed by atoms with Crippen molar-refractivity contribution >= 4 is 35.7 Å². The monoisotopic (exact) mass is 372 g/mol. The molecule has 1 aromatic heterocycles. The number of carbonyl (C=O) groups is 2. The van der Waals surface area contributed by atoms with Crippen LogP contribution in [0.15, 0.2) is 10.7 Å². The van der Waals surface area contributed by atoms with E-state index in [1.165, 1.54) is 0 Å². The molecule has 1 N–H and O–H groups in total. The molecule has 0 aromatic carbocycles. The van der Waals surface area contributed by atoms with Crippen molar-refractivity contribution < 1.29 is 14.3 Å². The standard InChI is InChI=1S/C14H21BrN2O3Si/c1-9(21(2,3)4)20-8-17-7-10(15)12-11(18)5-6-16-14(19)13(12)17/h7,9H,5-6,8H2,1-4H3,(H,16,19). The molecule has 2 rings (SSSR count). The molecule has 1 aromatic rings. The number of nitrogens with one attached hydrogen (secondary N) is 1. The molecule has 0 bridgehead atoms. The second-order valence-corrected chi connectivity index (χ2v) is 12.8. The summed E-state index contributed by atoms with van der Waals surface area (Å²) in [6.07, 6.45) is 2.08. The molecule has 1 aliphatic heterocycles. The van der Waals surface area contributed by atoms with Crippen molar-refractivity contribution in [1.82, 2.24) is 9.88 Å². The number of ketones is 1. The first-order valence-corrected chi connectivity index (χ1v) is 11.4. The van der Waals surface area contributed by atoms with Gasteiger partial charge in [-0.1, -0.05) is 19.6 Å². The van der Waals surface area contributed by atoms with Crippen LogP contribution in [0.4, 0.5) is 0 Å². The SMILES string of the molecule is CC(OCn1cc(Br)c2c1C(=O)NCCC2=O)[Si](C)(C)C. The maximum atomic E-state index is 12.2. The number of halogens is 1. The van der Waals surface area contributed by atoms with Gasteiger partial charge in [-0.2, -0.15) is 0 Å². The van der Waals surface area contributed by atoms with Gasteiger partial charge in [0.15, 0.2) is 5.78 Å². The second-order valence-electron chi connectivity index (χ2n) is 6.40. The topological polar surface area (TPSA) is 60.3 Å². The molecule has 1 atom stereocenters. The van der Waals surface area contributed by atoms with E-state index >= 15 is 0 Å². The second kappa shape index (κ2) is 6.06. The van der Waals surface area contributed by atoms with E-state index in [9.17, 15) is 9.59 Å². The van der Waals surface area contributed by atoms with E-state index in [2.05, 4.69) is 47.8 Å². The number of hydrogen-bond donors (Lipinski definition) is 1. The molecule has 1 aliphatic rings. The third kappa shape index (κ3) is 3.46. The van der Waals surface area contributed by atoms with Crippen LogP contribution < -0.4 is 5.32 Å². The fourth-order valence-corrected chi connectivity index (χ4v) is 3.30. The van der Waals surface area contributed by atoms with Crippen LogP contribution in [-0.2, 0) is 11.5 Å². The minimum atomic E-state index is -1.40. The summed E-state index contributed by atoms with van der Waals surface area (Å²) in [5.41, 5.74) is 1.03. The number of hydrogen-bond acceptors (Lipinski definition) is 3. The number of ether oxygens (including phenoxy) is 1. The average Bonchev–Trinajstić information content (AvgIpc) is 2.62. The van der Waals surface area contributed by atoms with E-state index in [4.69, 9.17) is 4.74 Å². The molecule has 1 amide bonds. The molecule has 116 valence electrons. The van der Waals surface area contributed by atoms with Crippen LogP contribution in [0, 0.1) is 0 Å². The Morgan fingerprint density at radius 1 is 1.43 bits per heavy atom. The quantitative estimate of drug-likeness (QED) is 0.826. The van der Waals surface area contributed by atoms with Crippen molar-refractivity contribution in [1.29, 1.82) is 0 Å². The molecule has 7 heteroatoms. The van der Waals surface area contributed by atoms with Gasteiger partial charge in [0.2, 0.25) is 0 Å². The lowest BCUT2D eigenvalue weighted by Gasteiger charge is -2.25. The summed E-state index contributed by atoms with van der Waals surface area (Å²) in [5, 5.41) is 2.75. The summed E-state index contributed by atoms with van der Waals surface area (Å²) in [5.74, 6) is -0.238. The van der Waals surface area contributed by atoms with Gasteiger partial charge < -0.3 is 14.6 Å². The maximum absolute atomic E-state index is 12.2. The molecule has 0 radical (unpaired) electrons. The lowest BCUT2D eigenvalue weighted by atomic mass is 10.1. The van der Waals surface area contributed by atoms with Gasteiger partial charge in [0, 0.05) is 29.4 Å².